The second-order valence-electron chi connectivity index (χ2n) is 5.03. The van der Waals surface area contributed by atoms with E-state index in [4.69, 9.17) is 4.74 Å². The van der Waals surface area contributed by atoms with E-state index in [1.165, 1.54) is 0 Å². The molecule has 2 aromatic carbocycles. The number of hydrogen-bond donors (Lipinski definition) is 2. The number of nitrogens with zero attached hydrogens (tertiary/aromatic N) is 1. The van der Waals surface area contributed by atoms with Gasteiger partial charge in [0.1, 0.15) is 5.75 Å². The number of methoxy groups -OCH3 is 1. The lowest BCUT2D eigenvalue weighted by Crippen LogP contribution is -2.36. The number of amides is 2. The van der Waals surface area contributed by atoms with E-state index in [-0.39, 0.29) is 12.1 Å². The number of nitrogens with one attached hydrogen (secondary N) is 2. The fraction of sp³-hybridized carbons (Fsp3) is 0.176. The topological polar surface area (TPSA) is 62.7 Å². The van der Waals surface area contributed by atoms with Crippen molar-refractivity contribution in [3.63, 3.8) is 0 Å². The summed E-state index contributed by atoms with van der Waals surface area (Å²) in [5.74, 6) is 0.804. The van der Waals surface area contributed by atoms with Gasteiger partial charge in [0.2, 0.25) is 0 Å². The van der Waals surface area contributed by atoms with E-state index in [1.807, 2.05) is 54.6 Å². The Morgan fingerprint density at radius 1 is 1.09 bits per heavy atom. The van der Waals surface area contributed by atoms with Crippen LogP contribution in [0.15, 0.2) is 59.6 Å². The Morgan fingerprint density at radius 2 is 1.82 bits per heavy atom. The van der Waals surface area contributed by atoms with Crippen molar-refractivity contribution in [2.45, 2.75) is 12.5 Å². The maximum atomic E-state index is 11.8. The molecule has 1 atom stereocenters. The summed E-state index contributed by atoms with van der Waals surface area (Å²) < 4.78 is 5.17. The van der Waals surface area contributed by atoms with Gasteiger partial charge < -0.3 is 4.74 Å². The van der Waals surface area contributed by atoms with Gasteiger partial charge in [0.15, 0.2) is 0 Å². The molecule has 2 amide bonds. The molecule has 0 fully saturated rings. The Labute approximate surface area is 129 Å². The fourth-order valence-electron chi connectivity index (χ4n) is 2.44. The summed E-state index contributed by atoms with van der Waals surface area (Å²) in [6.07, 6.45) is 0.620. The predicted molar refractivity (Wildman–Crippen MR) is 85.0 cm³/mol. The first-order valence-electron chi connectivity index (χ1n) is 7.08. The Balaban J connectivity index is 1.87. The third-order valence-electron chi connectivity index (χ3n) is 3.61. The largest absolute Gasteiger partial charge is 0.497 e. The summed E-state index contributed by atoms with van der Waals surface area (Å²) in [5, 5.41) is 0. The van der Waals surface area contributed by atoms with Crippen LogP contribution in [0, 0.1) is 0 Å². The van der Waals surface area contributed by atoms with E-state index in [0.717, 1.165) is 22.6 Å². The van der Waals surface area contributed by atoms with Gasteiger partial charge in [-0.25, -0.2) is 10.2 Å². The summed E-state index contributed by atoms with van der Waals surface area (Å²) in [7, 11) is 1.64. The molecule has 2 N–H and O–H groups in total. The Morgan fingerprint density at radius 3 is 2.50 bits per heavy atom. The highest BCUT2D eigenvalue weighted by atomic mass is 16.5. The van der Waals surface area contributed by atoms with E-state index in [1.54, 1.807) is 7.11 Å². The molecular formula is C17H17N3O2. The van der Waals surface area contributed by atoms with Crippen molar-refractivity contribution >= 4 is 11.7 Å². The highest BCUT2D eigenvalue weighted by Crippen LogP contribution is 2.23. The normalized spacial score (nSPS) is 18.1. The molecular weight excluding hydrogens is 278 g/mol. The van der Waals surface area contributed by atoms with Gasteiger partial charge in [-0.15, -0.1) is 0 Å². The van der Waals surface area contributed by atoms with Gasteiger partial charge in [-0.05, 0) is 23.3 Å². The molecule has 0 saturated carbocycles. The second-order valence-corrected chi connectivity index (χ2v) is 5.03. The van der Waals surface area contributed by atoms with Crippen molar-refractivity contribution in [2.75, 3.05) is 7.11 Å². The zero-order valence-electron chi connectivity index (χ0n) is 12.2. The lowest BCUT2D eigenvalue weighted by Gasteiger charge is -2.17. The summed E-state index contributed by atoms with van der Waals surface area (Å²) in [4.78, 5) is 15.9. The van der Waals surface area contributed by atoms with Gasteiger partial charge >= 0.3 is 6.03 Å². The molecule has 1 aliphatic rings. The second kappa shape index (κ2) is 6.41. The molecule has 3 rings (SSSR count). The van der Waals surface area contributed by atoms with Crippen LogP contribution in [0.3, 0.4) is 0 Å². The molecule has 0 bridgehead atoms. The number of hydrazine groups is 1. The van der Waals surface area contributed by atoms with Crippen molar-refractivity contribution < 1.29 is 9.53 Å². The molecule has 5 nitrogen and oxygen atoms in total. The van der Waals surface area contributed by atoms with Crippen LogP contribution in [0.5, 0.6) is 5.75 Å². The summed E-state index contributed by atoms with van der Waals surface area (Å²) in [6, 6.07) is 17.1. The predicted octanol–water partition coefficient (Wildman–Crippen LogP) is 2.84. The van der Waals surface area contributed by atoms with Crippen LogP contribution in [0.25, 0.3) is 0 Å². The SMILES string of the molecule is COc1ccc(C2CC(c3ccccc3)=NC(=O)NN2)cc1. The molecule has 1 aliphatic heterocycles. The molecule has 5 heteroatoms. The Kier molecular flexibility index (Phi) is 4.16. The van der Waals surface area contributed by atoms with Crippen molar-refractivity contribution in [1.29, 1.82) is 0 Å². The molecule has 0 radical (unpaired) electrons. The van der Waals surface area contributed by atoms with E-state index < -0.39 is 0 Å². The highest BCUT2D eigenvalue weighted by Gasteiger charge is 2.20. The lowest BCUT2D eigenvalue weighted by atomic mass is 9.98. The first-order valence-corrected chi connectivity index (χ1v) is 7.08. The number of benzene rings is 2. The number of aliphatic imine (C=N–C) groups is 1. The van der Waals surface area contributed by atoms with E-state index >= 15 is 0 Å². The van der Waals surface area contributed by atoms with Crippen molar-refractivity contribution in [1.82, 2.24) is 10.9 Å². The standard InChI is InChI=1S/C17H17N3O2/c1-22-14-9-7-13(8-10-14)16-11-15(18-17(21)20-19-16)12-5-3-2-4-6-12/h2-10,16,19H,11H2,1H3,(H,20,21). The number of hydrogen-bond acceptors (Lipinski definition) is 3. The molecule has 1 unspecified atom stereocenters. The van der Waals surface area contributed by atoms with Crippen LogP contribution in [0.1, 0.15) is 23.6 Å². The maximum absolute atomic E-state index is 11.8. The van der Waals surface area contributed by atoms with Crippen molar-refractivity contribution in [3.8, 4) is 5.75 Å². The van der Waals surface area contributed by atoms with Crippen molar-refractivity contribution in [2.24, 2.45) is 4.99 Å². The average molecular weight is 295 g/mol. The van der Waals surface area contributed by atoms with Gasteiger partial charge in [-0.3, -0.25) is 5.43 Å². The average Bonchev–Trinajstić information content (AvgIpc) is 2.78. The lowest BCUT2D eigenvalue weighted by molar-refractivity contribution is 0.244. The zero-order chi connectivity index (χ0) is 15.4. The first kappa shape index (κ1) is 14.3. The molecule has 0 aromatic heterocycles. The molecule has 112 valence electrons. The minimum absolute atomic E-state index is 0.0451. The van der Waals surface area contributed by atoms with Crippen LogP contribution in [0.2, 0.25) is 0 Å². The van der Waals surface area contributed by atoms with Gasteiger partial charge in [0, 0.05) is 6.42 Å². The maximum Gasteiger partial charge on any atom is 0.355 e. The molecule has 0 saturated heterocycles. The molecule has 0 aliphatic carbocycles. The van der Waals surface area contributed by atoms with Gasteiger partial charge in [-0.1, -0.05) is 42.5 Å². The van der Waals surface area contributed by atoms with Crippen LogP contribution in [0.4, 0.5) is 4.79 Å². The highest BCUT2D eigenvalue weighted by molar-refractivity contribution is 6.06. The number of rotatable bonds is 3. The summed E-state index contributed by atoms with van der Waals surface area (Å²) in [5.41, 5.74) is 8.43. The number of carbonyl (C=O) groups excluding carboxylic acids is 1. The van der Waals surface area contributed by atoms with Crippen molar-refractivity contribution in [3.05, 3.63) is 65.7 Å². The Bertz CT molecular complexity index is 681. The quantitative estimate of drug-likeness (QED) is 0.915. The molecule has 2 aromatic rings. The number of carbonyl (C=O) groups is 1. The van der Waals surface area contributed by atoms with Gasteiger partial charge in [0.25, 0.3) is 0 Å². The fourth-order valence-corrected chi connectivity index (χ4v) is 2.44. The third-order valence-corrected chi connectivity index (χ3v) is 3.61. The molecule has 1 heterocycles. The summed E-state index contributed by atoms with van der Waals surface area (Å²) >= 11 is 0. The van der Waals surface area contributed by atoms with E-state index in [9.17, 15) is 4.79 Å². The molecule has 22 heavy (non-hydrogen) atoms. The molecule has 0 spiro atoms. The zero-order valence-corrected chi connectivity index (χ0v) is 12.2. The summed E-state index contributed by atoms with van der Waals surface area (Å²) in [6.45, 7) is 0. The van der Waals surface area contributed by atoms with Crippen LogP contribution < -0.4 is 15.6 Å². The third kappa shape index (κ3) is 3.15. The number of ether oxygens (including phenoxy) is 1. The van der Waals surface area contributed by atoms with Crippen LogP contribution >= 0.6 is 0 Å². The van der Waals surface area contributed by atoms with E-state index in [0.29, 0.717) is 6.42 Å². The van der Waals surface area contributed by atoms with Crippen LogP contribution in [-0.4, -0.2) is 18.9 Å². The van der Waals surface area contributed by atoms with Gasteiger partial charge in [0.05, 0.1) is 18.9 Å². The van der Waals surface area contributed by atoms with Crippen LogP contribution in [-0.2, 0) is 0 Å². The van der Waals surface area contributed by atoms with Gasteiger partial charge in [-0.2, -0.15) is 4.99 Å². The number of urea groups is 1. The monoisotopic (exact) mass is 295 g/mol. The smallest absolute Gasteiger partial charge is 0.355 e. The Hall–Kier alpha value is -2.66. The minimum atomic E-state index is -0.380. The van der Waals surface area contributed by atoms with E-state index in [2.05, 4.69) is 15.8 Å². The first-order chi connectivity index (χ1) is 10.8. The minimum Gasteiger partial charge on any atom is -0.497 e.